The van der Waals surface area contributed by atoms with Gasteiger partial charge in [-0.1, -0.05) is 6.92 Å². The minimum Gasteiger partial charge on any atom is -0.463 e. The van der Waals surface area contributed by atoms with Crippen LogP contribution in [0, 0.1) is 5.92 Å². The van der Waals surface area contributed by atoms with Crippen LogP contribution in [0.25, 0.3) is 17.1 Å². The fraction of sp³-hybridized carbons (Fsp3) is 0.333. The van der Waals surface area contributed by atoms with E-state index >= 15 is 0 Å². The van der Waals surface area contributed by atoms with E-state index in [4.69, 9.17) is 9.15 Å². The third-order valence-electron chi connectivity index (χ3n) is 6.03. The zero-order valence-electron chi connectivity index (χ0n) is 19.6. The van der Waals surface area contributed by atoms with Crippen molar-refractivity contribution >= 4 is 49.8 Å². The van der Waals surface area contributed by atoms with Gasteiger partial charge in [-0.05, 0) is 71.8 Å². The quantitative estimate of drug-likeness (QED) is 0.268. The molecular weight excluding hydrogens is 577 g/mol. The molecule has 0 saturated carbocycles. The van der Waals surface area contributed by atoms with Crippen LogP contribution in [-0.2, 0) is 23.8 Å². The van der Waals surface area contributed by atoms with E-state index in [0.717, 1.165) is 29.3 Å². The molecule has 4 heterocycles. The van der Waals surface area contributed by atoms with Crippen molar-refractivity contribution in [1.82, 2.24) is 14.6 Å². The molecule has 4 aromatic heterocycles. The number of alkyl halides is 3. The number of amides is 1. The average Bonchev–Trinajstić information content (AvgIpc) is 3.55. The number of nitrogens with one attached hydrogen (secondary N) is 1. The van der Waals surface area contributed by atoms with Gasteiger partial charge in [-0.3, -0.25) is 4.79 Å². The molecule has 1 amide bonds. The van der Waals surface area contributed by atoms with E-state index in [-0.39, 0.29) is 44.4 Å². The van der Waals surface area contributed by atoms with E-state index < -0.39 is 23.7 Å². The van der Waals surface area contributed by atoms with Gasteiger partial charge in [0.2, 0.25) is 0 Å². The molecule has 8 nitrogen and oxygen atoms in total. The fourth-order valence-corrected chi connectivity index (χ4v) is 6.22. The van der Waals surface area contributed by atoms with Gasteiger partial charge in [0.05, 0.1) is 22.9 Å². The number of fused-ring (bicyclic) bond motifs is 2. The third-order valence-corrected chi connectivity index (χ3v) is 7.93. The Morgan fingerprint density at radius 2 is 2.16 bits per heavy atom. The van der Waals surface area contributed by atoms with E-state index in [1.54, 1.807) is 6.92 Å². The van der Waals surface area contributed by atoms with Crippen LogP contribution in [0.5, 0.6) is 0 Å². The number of hydrogen-bond acceptors (Lipinski definition) is 7. The molecule has 37 heavy (non-hydrogen) atoms. The van der Waals surface area contributed by atoms with Crippen molar-refractivity contribution in [2.24, 2.45) is 5.92 Å². The lowest BCUT2D eigenvalue weighted by atomic mass is 9.88. The van der Waals surface area contributed by atoms with Crippen LogP contribution in [-0.4, -0.2) is 33.1 Å². The van der Waals surface area contributed by atoms with Crippen LogP contribution in [0.4, 0.5) is 18.2 Å². The molecule has 0 aromatic carbocycles. The number of halogens is 4. The number of rotatable bonds is 5. The molecule has 0 saturated heterocycles. The Morgan fingerprint density at radius 1 is 1.38 bits per heavy atom. The Kier molecular flexibility index (Phi) is 6.61. The summed E-state index contributed by atoms with van der Waals surface area (Å²) in [6.07, 6.45) is -1.15. The highest BCUT2D eigenvalue weighted by molar-refractivity contribution is 9.10. The molecule has 1 unspecified atom stereocenters. The van der Waals surface area contributed by atoms with Gasteiger partial charge in [-0.15, -0.1) is 11.3 Å². The lowest BCUT2D eigenvalue weighted by Gasteiger charge is -2.18. The SMILES string of the molecule is CCOC(=O)c1c(NC(=O)c2nn3c(C(F)(F)F)cc(-c4ccco4)nc3c2Br)sc2c1CCC(C)C2. The van der Waals surface area contributed by atoms with Crippen molar-refractivity contribution in [3.05, 3.63) is 56.3 Å². The molecule has 5 rings (SSSR count). The number of carbonyl (C=O) groups excluding carboxylic acids is 2. The lowest BCUT2D eigenvalue weighted by molar-refractivity contribution is -0.142. The highest BCUT2D eigenvalue weighted by Gasteiger charge is 2.37. The van der Waals surface area contributed by atoms with E-state index in [9.17, 15) is 22.8 Å². The van der Waals surface area contributed by atoms with Gasteiger partial charge in [-0.2, -0.15) is 18.3 Å². The second-order valence-corrected chi connectivity index (χ2v) is 10.5. The number of esters is 1. The van der Waals surface area contributed by atoms with Crippen LogP contribution in [0.2, 0.25) is 0 Å². The number of carbonyl (C=O) groups is 2. The molecule has 13 heteroatoms. The van der Waals surface area contributed by atoms with Crippen LogP contribution in [0.15, 0.2) is 33.4 Å². The van der Waals surface area contributed by atoms with E-state index in [0.29, 0.717) is 16.9 Å². The van der Waals surface area contributed by atoms with Crippen LogP contribution >= 0.6 is 27.3 Å². The maximum absolute atomic E-state index is 13.9. The molecule has 0 fully saturated rings. The second kappa shape index (κ2) is 9.60. The van der Waals surface area contributed by atoms with Crippen molar-refractivity contribution in [2.75, 3.05) is 11.9 Å². The number of nitrogens with zero attached hydrogens (tertiary/aromatic N) is 3. The van der Waals surface area contributed by atoms with E-state index in [1.165, 1.54) is 29.7 Å². The fourth-order valence-electron chi connectivity index (χ4n) is 4.31. The summed E-state index contributed by atoms with van der Waals surface area (Å²) in [4.78, 5) is 31.3. The number of ether oxygens (including phenoxy) is 1. The van der Waals surface area contributed by atoms with Gasteiger partial charge in [-0.25, -0.2) is 14.3 Å². The Hall–Kier alpha value is -3.19. The van der Waals surface area contributed by atoms with Crippen LogP contribution in [0.3, 0.4) is 0 Å². The second-order valence-electron chi connectivity index (χ2n) is 8.63. The summed E-state index contributed by atoms with van der Waals surface area (Å²) < 4.78 is 52.7. The summed E-state index contributed by atoms with van der Waals surface area (Å²) >= 11 is 4.48. The first-order valence-electron chi connectivity index (χ1n) is 11.4. The summed E-state index contributed by atoms with van der Waals surface area (Å²) in [5, 5.41) is 6.90. The molecule has 194 valence electrons. The summed E-state index contributed by atoms with van der Waals surface area (Å²) in [6, 6.07) is 3.81. The van der Waals surface area contributed by atoms with Gasteiger partial charge in [0, 0.05) is 4.88 Å². The average molecular weight is 597 g/mol. The predicted molar refractivity (Wildman–Crippen MR) is 133 cm³/mol. The molecule has 4 aromatic rings. The molecular formula is C24H20BrF3N4O4S. The molecule has 1 N–H and O–H groups in total. The van der Waals surface area contributed by atoms with Gasteiger partial charge in [0.1, 0.15) is 10.7 Å². The largest absolute Gasteiger partial charge is 0.463 e. The van der Waals surface area contributed by atoms with E-state index in [1.807, 2.05) is 0 Å². The van der Waals surface area contributed by atoms with Crippen molar-refractivity contribution in [1.29, 1.82) is 0 Å². The minimum atomic E-state index is -4.79. The Morgan fingerprint density at radius 3 is 2.84 bits per heavy atom. The van der Waals surface area contributed by atoms with Gasteiger partial charge >= 0.3 is 12.1 Å². The van der Waals surface area contributed by atoms with Crippen LogP contribution < -0.4 is 5.32 Å². The number of anilines is 1. The summed E-state index contributed by atoms with van der Waals surface area (Å²) in [5.41, 5.74) is -0.592. The van der Waals surface area contributed by atoms with Crippen molar-refractivity contribution in [2.45, 2.75) is 39.3 Å². The number of furan rings is 1. The molecule has 1 aliphatic carbocycles. The standard InChI is InChI=1S/C24H20BrF3N4O4S/c1-3-35-23(34)17-12-7-6-11(2)9-15(12)37-22(17)30-21(33)19-18(25)20-29-13(14-5-4-8-36-14)10-16(24(26,27)28)32(20)31-19/h4-5,8,10-11H,3,6-7,9H2,1-2H3,(H,30,33). The first-order chi connectivity index (χ1) is 17.6. The normalized spacial score (nSPS) is 15.6. The topological polar surface area (TPSA) is 98.7 Å². The summed E-state index contributed by atoms with van der Waals surface area (Å²) in [7, 11) is 0. The highest BCUT2D eigenvalue weighted by Crippen LogP contribution is 2.41. The number of hydrogen-bond donors (Lipinski definition) is 1. The molecule has 0 radical (unpaired) electrons. The van der Waals surface area contributed by atoms with E-state index in [2.05, 4.69) is 38.3 Å². The van der Waals surface area contributed by atoms with Crippen molar-refractivity contribution < 1.29 is 31.9 Å². The maximum atomic E-state index is 13.9. The smallest absolute Gasteiger partial charge is 0.433 e. The number of aromatic nitrogens is 3. The first-order valence-corrected chi connectivity index (χ1v) is 13.0. The summed E-state index contributed by atoms with van der Waals surface area (Å²) in [5.74, 6) is -0.789. The van der Waals surface area contributed by atoms with Gasteiger partial charge in [0.15, 0.2) is 22.8 Å². The zero-order chi connectivity index (χ0) is 26.5. The first kappa shape index (κ1) is 25.5. The maximum Gasteiger partial charge on any atom is 0.433 e. The predicted octanol–water partition coefficient (Wildman–Crippen LogP) is 6.39. The Bertz CT molecular complexity index is 1510. The minimum absolute atomic E-state index is 0.0310. The summed E-state index contributed by atoms with van der Waals surface area (Å²) in [6.45, 7) is 3.96. The highest BCUT2D eigenvalue weighted by atomic mass is 79.9. The monoisotopic (exact) mass is 596 g/mol. The van der Waals surface area contributed by atoms with Gasteiger partial charge in [0.25, 0.3) is 5.91 Å². The molecule has 1 atom stereocenters. The van der Waals surface area contributed by atoms with Crippen molar-refractivity contribution in [3.8, 4) is 11.5 Å². The molecule has 0 bridgehead atoms. The van der Waals surface area contributed by atoms with Crippen molar-refractivity contribution in [3.63, 3.8) is 0 Å². The Balaban J connectivity index is 1.58. The molecule has 1 aliphatic rings. The number of thiophene rings is 1. The Labute approximate surface area is 221 Å². The molecule has 0 spiro atoms. The third kappa shape index (κ3) is 4.65. The lowest BCUT2D eigenvalue weighted by Crippen LogP contribution is -2.18. The van der Waals surface area contributed by atoms with Gasteiger partial charge < -0.3 is 14.5 Å². The zero-order valence-corrected chi connectivity index (χ0v) is 22.0. The molecule has 0 aliphatic heterocycles. The van der Waals surface area contributed by atoms with Crippen LogP contribution in [0.1, 0.15) is 57.2 Å².